The normalized spacial score (nSPS) is 9.50. The Morgan fingerprint density at radius 2 is 1.83 bits per heavy atom. The second-order valence-corrected chi connectivity index (χ2v) is 3.68. The lowest BCUT2D eigenvalue weighted by atomic mass is 10.3. The number of hydrogen-bond acceptors (Lipinski definition) is 1. The Kier molecular flexibility index (Phi) is 5.52. The van der Waals surface area contributed by atoms with E-state index in [1.54, 1.807) is 6.26 Å². The molecule has 0 spiro atoms. The Labute approximate surface area is 75.8 Å². The Bertz CT molecular complexity index is 196. The van der Waals surface area contributed by atoms with E-state index in [-0.39, 0.29) is 0 Å². The van der Waals surface area contributed by atoms with Gasteiger partial charge >= 0.3 is 0 Å². The van der Waals surface area contributed by atoms with Crippen molar-refractivity contribution >= 4 is 0 Å². The number of rotatable bonds is 1. The van der Waals surface area contributed by atoms with E-state index in [2.05, 4.69) is 33.8 Å². The minimum Gasteiger partial charge on any atom is -0.469 e. The van der Waals surface area contributed by atoms with E-state index in [1.807, 2.05) is 6.92 Å². The molecule has 1 rings (SSSR count). The van der Waals surface area contributed by atoms with Crippen molar-refractivity contribution in [3.63, 3.8) is 0 Å². The third-order valence-electron chi connectivity index (χ3n) is 1.13. The Balaban J connectivity index is 0.000000261. The van der Waals surface area contributed by atoms with Gasteiger partial charge in [0, 0.05) is 6.42 Å². The van der Waals surface area contributed by atoms with Gasteiger partial charge in [-0.05, 0) is 24.5 Å². The van der Waals surface area contributed by atoms with Crippen LogP contribution in [-0.2, 0) is 6.42 Å². The van der Waals surface area contributed by atoms with Gasteiger partial charge in [-0.2, -0.15) is 0 Å². The van der Waals surface area contributed by atoms with Crippen LogP contribution in [0.4, 0.5) is 0 Å². The van der Waals surface area contributed by atoms with Crippen LogP contribution in [-0.4, -0.2) is 0 Å². The molecule has 1 aromatic rings. The van der Waals surface area contributed by atoms with Crippen molar-refractivity contribution < 1.29 is 4.42 Å². The van der Waals surface area contributed by atoms with Gasteiger partial charge in [0.2, 0.25) is 0 Å². The van der Waals surface area contributed by atoms with E-state index in [1.165, 1.54) is 5.56 Å². The molecule has 70 valence electrons. The highest BCUT2D eigenvalue weighted by molar-refractivity contribution is 5.09. The van der Waals surface area contributed by atoms with Gasteiger partial charge in [-0.25, -0.2) is 0 Å². The van der Waals surface area contributed by atoms with E-state index in [9.17, 15) is 0 Å². The van der Waals surface area contributed by atoms with E-state index in [4.69, 9.17) is 4.42 Å². The number of aryl methyl sites for hydroxylation is 2. The summed E-state index contributed by atoms with van der Waals surface area (Å²) in [4.78, 5) is 0. The van der Waals surface area contributed by atoms with Gasteiger partial charge in [0.15, 0.2) is 0 Å². The number of furan rings is 1. The second-order valence-electron chi connectivity index (χ2n) is 3.68. The highest BCUT2D eigenvalue weighted by Gasteiger charge is 1.91. The summed E-state index contributed by atoms with van der Waals surface area (Å²) >= 11 is 0. The van der Waals surface area contributed by atoms with Crippen LogP contribution in [0.15, 0.2) is 16.7 Å². The predicted octanol–water partition coefficient (Wildman–Crippen LogP) is 3.81. The van der Waals surface area contributed by atoms with E-state index < -0.39 is 0 Å². The van der Waals surface area contributed by atoms with Gasteiger partial charge in [-0.1, -0.05) is 27.7 Å². The van der Waals surface area contributed by atoms with Crippen molar-refractivity contribution in [2.75, 3.05) is 0 Å². The van der Waals surface area contributed by atoms with Gasteiger partial charge in [0.05, 0.1) is 6.26 Å². The molecule has 0 amide bonds. The molecule has 12 heavy (non-hydrogen) atoms. The maximum atomic E-state index is 5.11. The van der Waals surface area contributed by atoms with Crippen LogP contribution in [0.5, 0.6) is 0 Å². The van der Waals surface area contributed by atoms with Gasteiger partial charge in [0.25, 0.3) is 0 Å². The van der Waals surface area contributed by atoms with Crippen molar-refractivity contribution in [2.45, 2.75) is 41.0 Å². The maximum absolute atomic E-state index is 5.11. The van der Waals surface area contributed by atoms with Gasteiger partial charge in [-0.15, -0.1) is 0 Å². The minimum atomic E-state index is 0.833. The zero-order valence-corrected chi connectivity index (χ0v) is 8.85. The molecule has 0 radical (unpaired) electrons. The first kappa shape index (κ1) is 11.3. The monoisotopic (exact) mass is 168 g/mol. The summed E-state index contributed by atoms with van der Waals surface area (Å²) in [5.41, 5.74) is 1.21. The van der Waals surface area contributed by atoms with Crippen LogP contribution < -0.4 is 0 Å². The van der Waals surface area contributed by atoms with Gasteiger partial charge < -0.3 is 4.42 Å². The average Bonchev–Trinajstić information content (AvgIpc) is 2.34. The molecule has 0 atom stereocenters. The molecular weight excluding hydrogens is 148 g/mol. The van der Waals surface area contributed by atoms with Crippen LogP contribution in [0, 0.1) is 12.8 Å². The second kappa shape index (κ2) is 5.87. The third kappa shape index (κ3) is 6.02. The molecular formula is C11H20O. The third-order valence-corrected chi connectivity index (χ3v) is 1.13. The topological polar surface area (TPSA) is 13.1 Å². The lowest BCUT2D eigenvalue weighted by Crippen LogP contribution is -1.67. The summed E-state index contributed by atoms with van der Waals surface area (Å²) in [5, 5.41) is 0. The standard InChI is InChI=1S/C7H10O.C4H10/c1-3-7-4-6(2)5-8-7;1-4(2)3/h4-5H,3H2,1-2H3;4H,1-3H3. The zero-order chi connectivity index (χ0) is 9.56. The Hall–Kier alpha value is -0.720. The molecule has 0 unspecified atom stereocenters. The summed E-state index contributed by atoms with van der Waals surface area (Å²) in [6.45, 7) is 10.6. The molecule has 1 heterocycles. The van der Waals surface area contributed by atoms with E-state index in [0.29, 0.717) is 0 Å². The Morgan fingerprint density at radius 1 is 1.33 bits per heavy atom. The summed E-state index contributed by atoms with van der Waals surface area (Å²) < 4.78 is 5.11. The molecule has 1 nitrogen and oxygen atoms in total. The van der Waals surface area contributed by atoms with Crippen LogP contribution in [0.3, 0.4) is 0 Å². The smallest absolute Gasteiger partial charge is 0.103 e. The van der Waals surface area contributed by atoms with Crippen LogP contribution in [0.25, 0.3) is 0 Å². The number of hydrogen-bond donors (Lipinski definition) is 0. The van der Waals surface area contributed by atoms with E-state index in [0.717, 1.165) is 18.1 Å². The molecule has 0 N–H and O–H groups in total. The molecule has 0 saturated heterocycles. The van der Waals surface area contributed by atoms with E-state index >= 15 is 0 Å². The van der Waals surface area contributed by atoms with Gasteiger partial charge in [-0.3, -0.25) is 0 Å². The molecule has 1 aromatic heterocycles. The SMILES string of the molecule is CC(C)C.CCc1cc(C)co1. The highest BCUT2D eigenvalue weighted by Crippen LogP contribution is 2.05. The summed E-state index contributed by atoms with van der Waals surface area (Å²) in [6, 6.07) is 2.06. The maximum Gasteiger partial charge on any atom is 0.103 e. The summed E-state index contributed by atoms with van der Waals surface area (Å²) in [6.07, 6.45) is 2.77. The zero-order valence-electron chi connectivity index (χ0n) is 8.85. The largest absolute Gasteiger partial charge is 0.469 e. The van der Waals surface area contributed by atoms with Crippen molar-refractivity contribution in [2.24, 2.45) is 5.92 Å². The predicted molar refractivity (Wildman–Crippen MR) is 53.3 cm³/mol. The van der Waals surface area contributed by atoms with Crippen molar-refractivity contribution in [1.82, 2.24) is 0 Å². The Morgan fingerprint density at radius 3 is 2.00 bits per heavy atom. The van der Waals surface area contributed by atoms with Gasteiger partial charge in [0.1, 0.15) is 5.76 Å². The molecule has 0 aromatic carbocycles. The lowest BCUT2D eigenvalue weighted by molar-refractivity contribution is 0.515. The molecule has 0 bridgehead atoms. The first-order chi connectivity index (χ1) is 5.56. The van der Waals surface area contributed by atoms with Crippen LogP contribution in [0.2, 0.25) is 0 Å². The van der Waals surface area contributed by atoms with Crippen LogP contribution >= 0.6 is 0 Å². The fraction of sp³-hybridized carbons (Fsp3) is 0.636. The summed E-state index contributed by atoms with van der Waals surface area (Å²) in [7, 11) is 0. The molecule has 0 saturated carbocycles. The van der Waals surface area contributed by atoms with Crippen molar-refractivity contribution in [3.05, 3.63) is 23.7 Å². The lowest BCUT2D eigenvalue weighted by Gasteiger charge is -1.79. The molecule has 0 aliphatic carbocycles. The molecule has 0 aliphatic heterocycles. The van der Waals surface area contributed by atoms with Crippen LogP contribution in [0.1, 0.15) is 39.0 Å². The first-order valence-corrected chi connectivity index (χ1v) is 4.60. The quantitative estimate of drug-likeness (QED) is 0.621. The fourth-order valence-corrected chi connectivity index (χ4v) is 0.676. The average molecular weight is 168 g/mol. The van der Waals surface area contributed by atoms with Crippen molar-refractivity contribution in [3.8, 4) is 0 Å². The minimum absolute atomic E-state index is 0.833. The summed E-state index contributed by atoms with van der Waals surface area (Å²) in [5.74, 6) is 1.91. The van der Waals surface area contributed by atoms with Crippen molar-refractivity contribution in [1.29, 1.82) is 0 Å². The molecule has 0 aliphatic rings. The first-order valence-electron chi connectivity index (χ1n) is 4.60. The molecule has 1 heteroatoms. The fourth-order valence-electron chi connectivity index (χ4n) is 0.676. The molecule has 0 fully saturated rings. The highest BCUT2D eigenvalue weighted by atomic mass is 16.3.